The molecule has 1 nitrogen and oxygen atoms in total. The molecule has 0 aromatic carbocycles. The predicted molar refractivity (Wildman–Crippen MR) is 71.2 cm³/mol. The van der Waals surface area contributed by atoms with E-state index in [0.717, 1.165) is 11.3 Å². The van der Waals surface area contributed by atoms with Crippen LogP contribution >= 0.6 is 0 Å². The molecule has 1 rings (SSSR count). The third-order valence-electron chi connectivity index (χ3n) is 2.50. The third-order valence-corrected chi connectivity index (χ3v) is 2.50. The maximum atomic E-state index is 4.41. The van der Waals surface area contributed by atoms with Crippen LogP contribution in [0.3, 0.4) is 0 Å². The number of hydrogen-bond donors (Lipinski definition) is 0. The quantitative estimate of drug-likeness (QED) is 0.681. The summed E-state index contributed by atoms with van der Waals surface area (Å²) in [5, 5.41) is 0. The number of allylic oxidation sites excluding steroid dienone is 6. The summed E-state index contributed by atoms with van der Waals surface area (Å²) in [6.07, 6.45) is 10.3. The van der Waals surface area contributed by atoms with Gasteiger partial charge in [-0.25, -0.2) is 0 Å². The van der Waals surface area contributed by atoms with Crippen molar-refractivity contribution >= 4 is 5.57 Å². The number of rotatable bonds is 3. The second kappa shape index (κ2) is 6.06. The molecule has 0 amide bonds. The van der Waals surface area contributed by atoms with E-state index in [1.165, 1.54) is 11.1 Å². The van der Waals surface area contributed by atoms with Crippen molar-refractivity contribution in [1.82, 2.24) is 4.98 Å². The zero-order valence-electron chi connectivity index (χ0n) is 10.5. The van der Waals surface area contributed by atoms with Crippen LogP contribution < -0.4 is 0 Å². The smallest absolute Gasteiger partial charge is 0.0698 e. The van der Waals surface area contributed by atoms with Crippen LogP contribution in [0.5, 0.6) is 0 Å². The average Bonchev–Trinajstić information content (AvgIpc) is 2.31. The molecule has 0 fully saturated rings. The van der Waals surface area contributed by atoms with Gasteiger partial charge >= 0.3 is 0 Å². The predicted octanol–water partition coefficient (Wildman–Crippen LogP) is 4.32. The average molecular weight is 213 g/mol. The minimum Gasteiger partial charge on any atom is -0.256 e. The number of nitrogens with zero attached hydrogens (tertiary/aromatic N) is 1. The third kappa shape index (κ3) is 3.50. The van der Waals surface area contributed by atoms with Gasteiger partial charge in [0.05, 0.1) is 5.69 Å². The molecule has 0 aliphatic carbocycles. The van der Waals surface area contributed by atoms with E-state index in [0.29, 0.717) is 0 Å². The van der Waals surface area contributed by atoms with Crippen molar-refractivity contribution in [3.05, 3.63) is 59.5 Å². The van der Waals surface area contributed by atoms with Crippen LogP contribution in [0.15, 0.2) is 48.2 Å². The summed E-state index contributed by atoms with van der Waals surface area (Å²) in [5.41, 5.74) is 4.62. The van der Waals surface area contributed by atoms with E-state index in [1.807, 2.05) is 27.0 Å². The highest BCUT2D eigenvalue weighted by molar-refractivity contribution is 5.71. The van der Waals surface area contributed by atoms with Crippen LogP contribution in [0.4, 0.5) is 0 Å². The van der Waals surface area contributed by atoms with Crippen LogP contribution in [-0.2, 0) is 0 Å². The van der Waals surface area contributed by atoms with Gasteiger partial charge in [-0.05, 0) is 44.9 Å². The Morgan fingerprint density at radius 3 is 2.38 bits per heavy atom. The van der Waals surface area contributed by atoms with E-state index in [1.54, 1.807) is 0 Å². The van der Waals surface area contributed by atoms with Crippen molar-refractivity contribution in [2.45, 2.75) is 27.7 Å². The second-order valence-corrected chi connectivity index (χ2v) is 3.83. The fraction of sp³-hybridized carbons (Fsp3) is 0.267. The summed E-state index contributed by atoms with van der Waals surface area (Å²) in [6, 6.07) is 4.14. The molecule has 0 spiro atoms. The van der Waals surface area contributed by atoms with Gasteiger partial charge in [0.1, 0.15) is 0 Å². The lowest BCUT2D eigenvalue weighted by Gasteiger charge is -2.01. The Balaban J connectivity index is 2.92. The monoisotopic (exact) mass is 213 g/mol. The standard InChI is InChI=1S/C15H19N/c1-5-12(3)7-9-14(6-2)15-10-8-13(4)11-16-15/h5-11H,1-4H3/b9-7-,12-5-,14-6+. The first-order valence-corrected chi connectivity index (χ1v) is 5.57. The van der Waals surface area contributed by atoms with Gasteiger partial charge in [0.2, 0.25) is 0 Å². The topological polar surface area (TPSA) is 12.9 Å². The molecule has 1 aromatic heterocycles. The fourth-order valence-corrected chi connectivity index (χ4v) is 1.29. The maximum Gasteiger partial charge on any atom is 0.0698 e. The van der Waals surface area contributed by atoms with Gasteiger partial charge in [-0.1, -0.05) is 35.9 Å². The molecular weight excluding hydrogens is 194 g/mol. The van der Waals surface area contributed by atoms with Gasteiger partial charge in [0.25, 0.3) is 0 Å². The van der Waals surface area contributed by atoms with E-state index >= 15 is 0 Å². The molecule has 0 saturated carbocycles. The fourth-order valence-electron chi connectivity index (χ4n) is 1.29. The zero-order valence-corrected chi connectivity index (χ0v) is 10.5. The molecule has 0 N–H and O–H groups in total. The van der Waals surface area contributed by atoms with Gasteiger partial charge in [-0.3, -0.25) is 4.98 Å². The van der Waals surface area contributed by atoms with Gasteiger partial charge in [0, 0.05) is 6.20 Å². The largest absolute Gasteiger partial charge is 0.256 e. The van der Waals surface area contributed by atoms with Crippen LogP contribution in [0.2, 0.25) is 0 Å². The molecule has 0 saturated heterocycles. The lowest BCUT2D eigenvalue weighted by molar-refractivity contribution is 1.23. The van der Waals surface area contributed by atoms with Crippen LogP contribution in [0.1, 0.15) is 32.0 Å². The molecule has 1 aromatic rings. The Morgan fingerprint density at radius 2 is 1.88 bits per heavy atom. The van der Waals surface area contributed by atoms with E-state index in [4.69, 9.17) is 0 Å². The first kappa shape index (κ1) is 12.4. The summed E-state index contributed by atoms with van der Waals surface area (Å²) in [6.45, 7) is 8.21. The van der Waals surface area contributed by atoms with Crippen molar-refractivity contribution in [3.63, 3.8) is 0 Å². The summed E-state index contributed by atoms with van der Waals surface area (Å²) in [7, 11) is 0. The number of aryl methyl sites for hydroxylation is 1. The highest BCUT2D eigenvalue weighted by atomic mass is 14.7. The summed E-state index contributed by atoms with van der Waals surface area (Å²) in [5.74, 6) is 0. The Bertz CT molecular complexity index is 419. The lowest BCUT2D eigenvalue weighted by atomic mass is 10.1. The van der Waals surface area contributed by atoms with Crippen molar-refractivity contribution in [3.8, 4) is 0 Å². The molecule has 0 atom stereocenters. The van der Waals surface area contributed by atoms with Gasteiger partial charge in [-0.15, -0.1) is 0 Å². The first-order chi connectivity index (χ1) is 7.67. The number of aromatic nitrogens is 1. The molecule has 0 unspecified atom stereocenters. The Kier molecular flexibility index (Phi) is 4.71. The molecule has 0 aliphatic rings. The normalized spacial score (nSPS) is 13.5. The van der Waals surface area contributed by atoms with Gasteiger partial charge in [-0.2, -0.15) is 0 Å². The zero-order chi connectivity index (χ0) is 12.0. The van der Waals surface area contributed by atoms with Crippen molar-refractivity contribution < 1.29 is 0 Å². The van der Waals surface area contributed by atoms with E-state index < -0.39 is 0 Å². The first-order valence-electron chi connectivity index (χ1n) is 5.57. The highest BCUT2D eigenvalue weighted by Crippen LogP contribution is 2.14. The Morgan fingerprint density at radius 1 is 1.12 bits per heavy atom. The molecule has 16 heavy (non-hydrogen) atoms. The molecule has 0 bridgehead atoms. The summed E-state index contributed by atoms with van der Waals surface area (Å²) < 4.78 is 0. The van der Waals surface area contributed by atoms with Crippen LogP contribution in [0, 0.1) is 6.92 Å². The molecular formula is C15H19N. The second-order valence-electron chi connectivity index (χ2n) is 3.83. The molecule has 1 heterocycles. The van der Waals surface area contributed by atoms with E-state index in [2.05, 4.69) is 48.3 Å². The molecule has 84 valence electrons. The molecule has 1 heteroatoms. The van der Waals surface area contributed by atoms with Crippen LogP contribution in [0.25, 0.3) is 5.57 Å². The maximum absolute atomic E-state index is 4.41. The van der Waals surface area contributed by atoms with E-state index in [9.17, 15) is 0 Å². The minimum absolute atomic E-state index is 1.02. The Hall–Kier alpha value is -1.63. The lowest BCUT2D eigenvalue weighted by Crippen LogP contribution is -1.87. The minimum atomic E-state index is 1.02. The summed E-state index contributed by atoms with van der Waals surface area (Å²) >= 11 is 0. The van der Waals surface area contributed by atoms with Crippen molar-refractivity contribution in [2.75, 3.05) is 0 Å². The van der Waals surface area contributed by atoms with Gasteiger partial charge < -0.3 is 0 Å². The number of hydrogen-bond acceptors (Lipinski definition) is 1. The van der Waals surface area contributed by atoms with Crippen LogP contribution in [-0.4, -0.2) is 4.98 Å². The Labute approximate surface area is 98.2 Å². The van der Waals surface area contributed by atoms with Crippen molar-refractivity contribution in [2.24, 2.45) is 0 Å². The van der Waals surface area contributed by atoms with Crippen molar-refractivity contribution in [1.29, 1.82) is 0 Å². The van der Waals surface area contributed by atoms with E-state index in [-0.39, 0.29) is 0 Å². The van der Waals surface area contributed by atoms with Gasteiger partial charge in [0.15, 0.2) is 0 Å². The molecule has 0 radical (unpaired) electrons. The molecule has 0 aliphatic heterocycles. The summed E-state index contributed by atoms with van der Waals surface area (Å²) in [4.78, 5) is 4.41. The SMILES string of the molecule is C\C=C(C)/C=C\C(=C/C)c1ccc(C)cn1. The number of pyridine rings is 1. The highest BCUT2D eigenvalue weighted by Gasteiger charge is 1.97.